The third kappa shape index (κ3) is 4.01. The molecule has 0 saturated carbocycles. The molecule has 1 aliphatic heterocycles. The third-order valence-electron chi connectivity index (χ3n) is 5.48. The van der Waals surface area contributed by atoms with E-state index in [4.69, 9.17) is 9.47 Å². The lowest BCUT2D eigenvalue weighted by Crippen LogP contribution is -2.30. The lowest BCUT2D eigenvalue weighted by molar-refractivity contribution is 0.0597. The van der Waals surface area contributed by atoms with Gasteiger partial charge in [-0.05, 0) is 56.7 Å². The summed E-state index contributed by atoms with van der Waals surface area (Å²) < 4.78 is 10.3. The van der Waals surface area contributed by atoms with Crippen LogP contribution < -0.4 is 15.0 Å². The highest BCUT2D eigenvalue weighted by Crippen LogP contribution is 2.42. The van der Waals surface area contributed by atoms with Gasteiger partial charge >= 0.3 is 5.97 Å². The van der Waals surface area contributed by atoms with E-state index < -0.39 is 23.3 Å². The minimum atomic E-state index is -0.690. The summed E-state index contributed by atoms with van der Waals surface area (Å²) in [6.07, 6.45) is 0. The van der Waals surface area contributed by atoms with Crippen molar-refractivity contribution >= 4 is 29.2 Å². The largest absolute Gasteiger partial charge is 0.497 e. The standard InChI is InChI=1S/C27H26N2O5/c1-27(2,3)28-23-19(16-11-13-18(33-4)14-12-16)15-20(26(32)34-5)21-22(23)25(31)29(24(21)30)17-9-7-6-8-10-17/h6-15,28H,1-5H3. The van der Waals surface area contributed by atoms with Crippen molar-refractivity contribution in [2.75, 3.05) is 24.4 Å². The van der Waals surface area contributed by atoms with Gasteiger partial charge in [-0.1, -0.05) is 30.3 Å². The second kappa shape index (κ2) is 8.67. The van der Waals surface area contributed by atoms with Crippen LogP contribution in [0.4, 0.5) is 11.4 Å². The van der Waals surface area contributed by atoms with Crippen molar-refractivity contribution < 1.29 is 23.9 Å². The topological polar surface area (TPSA) is 84.9 Å². The average Bonchev–Trinajstić information content (AvgIpc) is 3.09. The zero-order valence-corrected chi connectivity index (χ0v) is 19.8. The van der Waals surface area contributed by atoms with E-state index in [1.165, 1.54) is 7.11 Å². The first-order valence-corrected chi connectivity index (χ1v) is 10.8. The Balaban J connectivity index is 2.04. The Labute approximate surface area is 198 Å². The van der Waals surface area contributed by atoms with E-state index in [9.17, 15) is 14.4 Å². The van der Waals surface area contributed by atoms with Crippen molar-refractivity contribution in [3.05, 3.63) is 77.4 Å². The summed E-state index contributed by atoms with van der Waals surface area (Å²) in [5, 5.41) is 3.40. The van der Waals surface area contributed by atoms with E-state index in [1.54, 1.807) is 55.6 Å². The summed E-state index contributed by atoms with van der Waals surface area (Å²) in [5.74, 6) is -1.09. The van der Waals surface area contributed by atoms with Gasteiger partial charge in [-0.25, -0.2) is 9.69 Å². The molecule has 174 valence electrons. The second-order valence-electron chi connectivity index (χ2n) is 8.97. The Morgan fingerprint density at radius 1 is 0.882 bits per heavy atom. The van der Waals surface area contributed by atoms with E-state index in [0.717, 1.165) is 10.5 Å². The van der Waals surface area contributed by atoms with E-state index >= 15 is 0 Å². The highest BCUT2D eigenvalue weighted by atomic mass is 16.5. The van der Waals surface area contributed by atoms with E-state index in [1.807, 2.05) is 32.9 Å². The zero-order valence-electron chi connectivity index (χ0n) is 19.8. The van der Waals surface area contributed by atoms with Gasteiger partial charge in [0.25, 0.3) is 11.8 Å². The van der Waals surface area contributed by atoms with Crippen LogP contribution in [0.3, 0.4) is 0 Å². The van der Waals surface area contributed by atoms with Crippen molar-refractivity contribution in [2.45, 2.75) is 26.3 Å². The van der Waals surface area contributed by atoms with Crippen LogP contribution in [0.25, 0.3) is 11.1 Å². The minimum absolute atomic E-state index is 0.0321. The lowest BCUT2D eigenvalue weighted by atomic mass is 9.91. The number of amides is 2. The molecule has 4 rings (SSSR count). The van der Waals surface area contributed by atoms with E-state index in [2.05, 4.69) is 5.32 Å². The highest BCUT2D eigenvalue weighted by Gasteiger charge is 2.43. The van der Waals surface area contributed by atoms with Crippen molar-refractivity contribution in [1.82, 2.24) is 0 Å². The summed E-state index contributed by atoms with van der Waals surface area (Å²) >= 11 is 0. The number of carbonyl (C=O) groups excluding carboxylic acids is 3. The number of carbonyl (C=O) groups is 3. The molecular formula is C27H26N2O5. The first-order valence-electron chi connectivity index (χ1n) is 10.8. The molecule has 0 radical (unpaired) electrons. The highest BCUT2D eigenvalue weighted by molar-refractivity contribution is 6.38. The van der Waals surface area contributed by atoms with Crippen LogP contribution in [0.15, 0.2) is 60.7 Å². The molecule has 1 N–H and O–H groups in total. The fraction of sp³-hybridized carbons (Fsp3) is 0.222. The molecular weight excluding hydrogens is 432 g/mol. The molecule has 0 saturated heterocycles. The first kappa shape index (κ1) is 23.0. The van der Waals surface area contributed by atoms with Gasteiger partial charge in [-0.15, -0.1) is 0 Å². The quantitative estimate of drug-likeness (QED) is 0.420. The summed E-state index contributed by atoms with van der Waals surface area (Å²) in [4.78, 5) is 41.2. The Kier molecular flexibility index (Phi) is 5.87. The predicted molar refractivity (Wildman–Crippen MR) is 131 cm³/mol. The summed E-state index contributed by atoms with van der Waals surface area (Å²) in [6, 6.07) is 17.5. The van der Waals surface area contributed by atoms with Crippen LogP contribution in [-0.4, -0.2) is 37.5 Å². The SMILES string of the molecule is COC(=O)c1cc(-c2ccc(OC)cc2)c(NC(C)(C)C)c2c1C(=O)N(c1ccccc1)C2=O. The Morgan fingerprint density at radius 3 is 2.06 bits per heavy atom. The van der Waals surface area contributed by atoms with Crippen LogP contribution in [0.5, 0.6) is 5.75 Å². The summed E-state index contributed by atoms with van der Waals surface area (Å²) in [7, 11) is 2.83. The van der Waals surface area contributed by atoms with Crippen LogP contribution in [-0.2, 0) is 4.74 Å². The molecule has 2 amide bonds. The van der Waals surface area contributed by atoms with Gasteiger partial charge in [0.2, 0.25) is 0 Å². The number of ether oxygens (including phenoxy) is 2. The number of methoxy groups -OCH3 is 2. The third-order valence-corrected chi connectivity index (χ3v) is 5.48. The number of anilines is 2. The van der Waals surface area contributed by atoms with Crippen LogP contribution in [0.2, 0.25) is 0 Å². The fourth-order valence-corrected chi connectivity index (χ4v) is 4.02. The van der Waals surface area contributed by atoms with Gasteiger partial charge in [0.1, 0.15) is 5.75 Å². The number of esters is 1. The molecule has 7 heteroatoms. The smallest absolute Gasteiger partial charge is 0.338 e. The maximum atomic E-state index is 13.8. The summed E-state index contributed by atoms with van der Waals surface area (Å²) in [6.45, 7) is 5.88. The van der Waals surface area contributed by atoms with Crippen LogP contribution in [0, 0.1) is 0 Å². The normalized spacial score (nSPS) is 13.0. The van der Waals surface area contributed by atoms with E-state index in [0.29, 0.717) is 22.7 Å². The van der Waals surface area contributed by atoms with Gasteiger partial charge in [0.05, 0.1) is 42.3 Å². The number of hydrogen-bond donors (Lipinski definition) is 1. The monoisotopic (exact) mass is 458 g/mol. The van der Waals surface area contributed by atoms with Gasteiger partial charge in [0.15, 0.2) is 0 Å². The van der Waals surface area contributed by atoms with Crippen molar-refractivity contribution in [3.8, 4) is 16.9 Å². The molecule has 0 spiro atoms. The molecule has 7 nitrogen and oxygen atoms in total. The first-order chi connectivity index (χ1) is 16.2. The molecule has 3 aromatic carbocycles. The number of benzene rings is 3. The van der Waals surface area contributed by atoms with Gasteiger partial charge in [0, 0.05) is 11.1 Å². The molecule has 34 heavy (non-hydrogen) atoms. The zero-order chi connectivity index (χ0) is 24.6. The molecule has 0 aliphatic carbocycles. The number of hydrogen-bond acceptors (Lipinski definition) is 6. The number of rotatable bonds is 5. The van der Waals surface area contributed by atoms with Crippen molar-refractivity contribution in [2.24, 2.45) is 0 Å². The second-order valence-corrected chi connectivity index (χ2v) is 8.97. The van der Waals surface area contributed by atoms with Crippen LogP contribution >= 0.6 is 0 Å². The predicted octanol–water partition coefficient (Wildman–Crippen LogP) is 5.16. The molecule has 0 fully saturated rings. The Bertz CT molecular complexity index is 1280. The number of nitrogens with one attached hydrogen (secondary N) is 1. The van der Waals surface area contributed by atoms with Crippen molar-refractivity contribution in [3.63, 3.8) is 0 Å². The van der Waals surface area contributed by atoms with Gasteiger partial charge < -0.3 is 14.8 Å². The van der Waals surface area contributed by atoms with Gasteiger partial charge in [-0.2, -0.15) is 0 Å². The molecule has 0 unspecified atom stereocenters. The molecule has 0 atom stereocenters. The van der Waals surface area contributed by atoms with Crippen LogP contribution in [0.1, 0.15) is 51.8 Å². The van der Waals surface area contributed by atoms with Gasteiger partial charge in [-0.3, -0.25) is 9.59 Å². The molecule has 1 aliphatic rings. The fourth-order valence-electron chi connectivity index (χ4n) is 4.02. The molecule has 1 heterocycles. The number of fused-ring (bicyclic) bond motifs is 1. The van der Waals surface area contributed by atoms with E-state index in [-0.39, 0.29) is 16.7 Å². The Hall–Kier alpha value is -4.13. The Morgan fingerprint density at radius 2 is 1.50 bits per heavy atom. The summed E-state index contributed by atoms with van der Waals surface area (Å²) in [5.41, 5.74) is 2.05. The average molecular weight is 459 g/mol. The number of imide groups is 1. The maximum absolute atomic E-state index is 13.8. The van der Waals surface area contributed by atoms with Crippen molar-refractivity contribution in [1.29, 1.82) is 0 Å². The molecule has 0 aromatic heterocycles. The molecule has 3 aromatic rings. The number of nitrogens with zero attached hydrogens (tertiary/aromatic N) is 1. The minimum Gasteiger partial charge on any atom is -0.497 e. The molecule has 0 bridgehead atoms. The number of para-hydroxylation sites is 1. The maximum Gasteiger partial charge on any atom is 0.338 e. The lowest BCUT2D eigenvalue weighted by Gasteiger charge is -2.26.